The molecule has 1 N–H and O–H groups in total. The first-order valence-corrected chi connectivity index (χ1v) is 10.2. The topological polar surface area (TPSA) is 49.4 Å². The maximum atomic E-state index is 14.5. The first-order chi connectivity index (χ1) is 14.9. The Bertz CT molecular complexity index is 1180. The Morgan fingerprint density at radius 3 is 2.10 bits per heavy atom. The highest BCUT2D eigenvalue weighted by atomic mass is 19.1. The van der Waals surface area contributed by atoms with Crippen LogP contribution in [-0.4, -0.2) is 11.8 Å². The van der Waals surface area contributed by atoms with Gasteiger partial charge in [0.15, 0.2) is 0 Å². The number of rotatable bonds is 5. The minimum atomic E-state index is -0.630. The van der Waals surface area contributed by atoms with Gasteiger partial charge in [-0.2, -0.15) is 0 Å². The van der Waals surface area contributed by atoms with Crippen LogP contribution >= 0.6 is 0 Å². The molecule has 2 amide bonds. The van der Waals surface area contributed by atoms with Gasteiger partial charge in [-0.05, 0) is 48.2 Å². The second-order valence-electron chi connectivity index (χ2n) is 7.91. The number of para-hydroxylation sites is 1. The number of anilines is 2. The third-order valence-corrected chi connectivity index (χ3v) is 5.36. The first-order valence-electron chi connectivity index (χ1n) is 10.2. The van der Waals surface area contributed by atoms with Crippen molar-refractivity contribution in [2.24, 2.45) is 0 Å². The molecule has 0 radical (unpaired) electrons. The molecule has 3 aromatic rings. The Morgan fingerprint density at radius 2 is 1.48 bits per heavy atom. The number of benzene rings is 3. The third kappa shape index (κ3) is 3.87. The maximum absolute atomic E-state index is 14.5. The van der Waals surface area contributed by atoms with Gasteiger partial charge in [-0.1, -0.05) is 67.9 Å². The Labute approximate surface area is 181 Å². The zero-order valence-corrected chi connectivity index (χ0v) is 17.6. The lowest BCUT2D eigenvalue weighted by atomic mass is 10.0. The number of halogens is 1. The number of hydrogen-bond acceptors (Lipinski definition) is 3. The summed E-state index contributed by atoms with van der Waals surface area (Å²) >= 11 is 0. The van der Waals surface area contributed by atoms with Gasteiger partial charge in [-0.15, -0.1) is 0 Å². The van der Waals surface area contributed by atoms with E-state index in [0.717, 1.165) is 10.5 Å². The predicted octanol–water partition coefficient (Wildman–Crippen LogP) is 5.65. The molecule has 0 spiro atoms. The van der Waals surface area contributed by atoms with E-state index in [1.54, 1.807) is 18.2 Å². The normalized spacial score (nSPS) is 14.0. The van der Waals surface area contributed by atoms with E-state index in [2.05, 4.69) is 19.2 Å². The van der Waals surface area contributed by atoms with Gasteiger partial charge in [-0.25, -0.2) is 9.29 Å². The van der Waals surface area contributed by atoms with Crippen LogP contribution in [0.5, 0.6) is 0 Å². The van der Waals surface area contributed by atoms with Gasteiger partial charge >= 0.3 is 0 Å². The van der Waals surface area contributed by atoms with Crippen LogP contribution < -0.4 is 10.2 Å². The molecule has 0 aromatic heterocycles. The number of nitrogens with one attached hydrogen (secondary N) is 1. The van der Waals surface area contributed by atoms with Gasteiger partial charge < -0.3 is 5.32 Å². The molecule has 0 unspecified atom stereocenters. The van der Waals surface area contributed by atoms with Gasteiger partial charge in [0.05, 0.1) is 11.3 Å². The number of amides is 2. The van der Waals surface area contributed by atoms with Crippen LogP contribution in [0, 0.1) is 12.7 Å². The van der Waals surface area contributed by atoms with Crippen LogP contribution in [-0.2, 0) is 9.59 Å². The van der Waals surface area contributed by atoms with Crippen molar-refractivity contribution in [3.8, 4) is 0 Å². The molecule has 1 aliphatic rings. The average molecular weight is 414 g/mol. The minimum absolute atomic E-state index is 0.0610. The fourth-order valence-electron chi connectivity index (χ4n) is 3.58. The Balaban J connectivity index is 1.79. The molecule has 0 aliphatic carbocycles. The van der Waals surface area contributed by atoms with Crippen molar-refractivity contribution in [1.29, 1.82) is 0 Å². The summed E-state index contributed by atoms with van der Waals surface area (Å²) in [5.74, 6) is -1.39. The number of carbonyl (C=O) groups is 2. The average Bonchev–Trinajstić information content (AvgIpc) is 2.99. The molecule has 1 heterocycles. The number of carbonyl (C=O) groups excluding carboxylic acids is 2. The molecule has 4 rings (SSSR count). The van der Waals surface area contributed by atoms with Crippen molar-refractivity contribution in [2.45, 2.75) is 26.7 Å². The van der Waals surface area contributed by atoms with E-state index in [1.807, 2.05) is 43.3 Å². The molecule has 1 aliphatic heterocycles. The van der Waals surface area contributed by atoms with Crippen molar-refractivity contribution in [3.05, 3.63) is 101 Å². The van der Waals surface area contributed by atoms with Crippen molar-refractivity contribution in [3.63, 3.8) is 0 Å². The lowest BCUT2D eigenvalue weighted by Gasteiger charge is -2.16. The standard InChI is InChI=1S/C26H23FN2O2/c1-16(2)18-12-14-20(15-13-18)28-24-23(19-10-8-17(3)9-11-19)25(30)29(26(24)31)22-7-5-4-6-21(22)27/h4-16,28H,1-3H3. The van der Waals surface area contributed by atoms with E-state index in [9.17, 15) is 14.0 Å². The highest BCUT2D eigenvalue weighted by Gasteiger charge is 2.41. The van der Waals surface area contributed by atoms with Crippen LogP contribution in [0.25, 0.3) is 5.57 Å². The maximum Gasteiger partial charge on any atom is 0.282 e. The monoisotopic (exact) mass is 414 g/mol. The summed E-state index contributed by atoms with van der Waals surface area (Å²) in [4.78, 5) is 27.6. The molecule has 0 atom stereocenters. The van der Waals surface area contributed by atoms with Crippen LogP contribution in [0.1, 0.15) is 36.5 Å². The summed E-state index contributed by atoms with van der Waals surface area (Å²) in [6, 6.07) is 20.8. The summed E-state index contributed by atoms with van der Waals surface area (Å²) in [6.07, 6.45) is 0. The molecular weight excluding hydrogens is 391 g/mol. The fourth-order valence-corrected chi connectivity index (χ4v) is 3.58. The molecule has 156 valence electrons. The van der Waals surface area contributed by atoms with Crippen molar-refractivity contribution in [2.75, 3.05) is 10.2 Å². The van der Waals surface area contributed by atoms with E-state index in [4.69, 9.17) is 0 Å². The summed E-state index contributed by atoms with van der Waals surface area (Å²) in [6.45, 7) is 6.15. The number of hydrogen-bond donors (Lipinski definition) is 1. The molecule has 0 saturated heterocycles. The van der Waals surface area contributed by atoms with E-state index in [0.29, 0.717) is 17.2 Å². The van der Waals surface area contributed by atoms with Gasteiger partial charge in [0.1, 0.15) is 11.5 Å². The Kier molecular flexibility index (Phi) is 5.42. The lowest BCUT2D eigenvalue weighted by Crippen LogP contribution is -2.33. The molecule has 31 heavy (non-hydrogen) atoms. The van der Waals surface area contributed by atoms with Gasteiger partial charge in [0.2, 0.25) is 0 Å². The predicted molar refractivity (Wildman–Crippen MR) is 121 cm³/mol. The molecule has 5 heteroatoms. The van der Waals surface area contributed by atoms with Crippen molar-refractivity contribution < 1.29 is 14.0 Å². The quantitative estimate of drug-likeness (QED) is 0.549. The van der Waals surface area contributed by atoms with Crippen LogP contribution in [0.15, 0.2) is 78.5 Å². The summed E-state index contributed by atoms with van der Waals surface area (Å²) in [5, 5.41) is 3.11. The van der Waals surface area contributed by atoms with Gasteiger partial charge in [0, 0.05) is 5.69 Å². The van der Waals surface area contributed by atoms with Gasteiger partial charge in [-0.3, -0.25) is 9.59 Å². The number of aryl methyl sites for hydroxylation is 1. The minimum Gasteiger partial charge on any atom is -0.350 e. The zero-order chi connectivity index (χ0) is 22.1. The second-order valence-corrected chi connectivity index (χ2v) is 7.91. The highest BCUT2D eigenvalue weighted by molar-refractivity contribution is 6.46. The highest BCUT2D eigenvalue weighted by Crippen LogP contribution is 2.35. The number of imide groups is 1. The molecule has 0 saturated carbocycles. The lowest BCUT2D eigenvalue weighted by molar-refractivity contribution is -0.120. The summed E-state index contributed by atoms with van der Waals surface area (Å²) in [7, 11) is 0. The zero-order valence-electron chi connectivity index (χ0n) is 17.6. The van der Waals surface area contributed by atoms with E-state index >= 15 is 0 Å². The fraction of sp³-hybridized carbons (Fsp3) is 0.154. The van der Waals surface area contributed by atoms with Gasteiger partial charge in [0.25, 0.3) is 11.8 Å². The smallest absolute Gasteiger partial charge is 0.282 e. The van der Waals surface area contributed by atoms with Crippen LogP contribution in [0.2, 0.25) is 0 Å². The van der Waals surface area contributed by atoms with Crippen molar-refractivity contribution >= 4 is 28.8 Å². The summed E-state index contributed by atoms with van der Waals surface area (Å²) < 4.78 is 14.5. The summed E-state index contributed by atoms with van der Waals surface area (Å²) in [5.41, 5.74) is 3.78. The van der Waals surface area contributed by atoms with E-state index < -0.39 is 17.6 Å². The molecular formula is C26H23FN2O2. The van der Waals surface area contributed by atoms with Crippen LogP contribution in [0.4, 0.5) is 15.8 Å². The Morgan fingerprint density at radius 1 is 0.839 bits per heavy atom. The second kappa shape index (κ2) is 8.19. The first kappa shape index (κ1) is 20.5. The van der Waals surface area contributed by atoms with E-state index in [-0.39, 0.29) is 17.0 Å². The third-order valence-electron chi connectivity index (χ3n) is 5.36. The number of nitrogens with zero attached hydrogens (tertiary/aromatic N) is 1. The van der Waals surface area contributed by atoms with E-state index in [1.165, 1.54) is 23.8 Å². The molecule has 0 fully saturated rings. The van der Waals surface area contributed by atoms with Crippen molar-refractivity contribution in [1.82, 2.24) is 0 Å². The molecule has 4 nitrogen and oxygen atoms in total. The van der Waals surface area contributed by atoms with Crippen LogP contribution in [0.3, 0.4) is 0 Å². The molecule has 0 bridgehead atoms. The molecule has 3 aromatic carbocycles. The SMILES string of the molecule is Cc1ccc(C2=C(Nc3ccc(C(C)C)cc3)C(=O)N(c3ccccc3F)C2=O)cc1. The largest absolute Gasteiger partial charge is 0.350 e. The Hall–Kier alpha value is -3.73.